The van der Waals surface area contributed by atoms with Crippen LogP contribution in [0.25, 0.3) is 0 Å². The molecule has 1 saturated heterocycles. The quantitative estimate of drug-likeness (QED) is 0.132. The first-order valence-electron chi connectivity index (χ1n) is 16.3. The Balaban J connectivity index is 2.01. The van der Waals surface area contributed by atoms with Gasteiger partial charge in [0.15, 0.2) is 6.10 Å². The van der Waals surface area contributed by atoms with Crippen LogP contribution in [0.4, 0.5) is 0 Å². The summed E-state index contributed by atoms with van der Waals surface area (Å²) in [5.74, 6) is -1.66. The summed E-state index contributed by atoms with van der Waals surface area (Å²) in [7, 11) is 0. The van der Waals surface area contributed by atoms with E-state index in [9.17, 15) is 19.2 Å². The third-order valence-electron chi connectivity index (χ3n) is 7.61. The molecule has 9 heteroatoms. The lowest BCUT2D eigenvalue weighted by atomic mass is 9.95. The van der Waals surface area contributed by atoms with E-state index in [0.29, 0.717) is 31.7 Å². The summed E-state index contributed by atoms with van der Waals surface area (Å²) < 4.78 is 22.5. The van der Waals surface area contributed by atoms with Gasteiger partial charge in [0.05, 0.1) is 6.61 Å². The van der Waals surface area contributed by atoms with Gasteiger partial charge in [-0.05, 0) is 70.5 Å². The Kier molecular flexibility index (Phi) is 17.6. The van der Waals surface area contributed by atoms with Crippen LogP contribution in [-0.4, -0.2) is 72.8 Å². The van der Waals surface area contributed by atoms with Gasteiger partial charge in [0.1, 0.15) is 12.2 Å². The molecule has 0 saturated carbocycles. The van der Waals surface area contributed by atoms with Crippen LogP contribution in [0.1, 0.15) is 110 Å². The zero-order valence-corrected chi connectivity index (χ0v) is 26.7. The summed E-state index contributed by atoms with van der Waals surface area (Å²) in [6.07, 6.45) is 5.19. The van der Waals surface area contributed by atoms with Gasteiger partial charge in [-0.25, -0.2) is 0 Å². The van der Waals surface area contributed by atoms with Crippen LogP contribution in [0.5, 0.6) is 0 Å². The lowest BCUT2D eigenvalue weighted by Gasteiger charge is -2.36. The molecule has 1 heterocycles. The first-order valence-corrected chi connectivity index (χ1v) is 16.3. The summed E-state index contributed by atoms with van der Waals surface area (Å²) in [5, 5.41) is 0. The molecule has 0 N–H and O–H groups in total. The van der Waals surface area contributed by atoms with E-state index in [2.05, 4.69) is 29.2 Å². The van der Waals surface area contributed by atoms with Crippen molar-refractivity contribution in [3.63, 3.8) is 0 Å². The number of ether oxygens (including phenoxy) is 4. The van der Waals surface area contributed by atoms with Crippen LogP contribution in [0.15, 0.2) is 30.3 Å². The second-order valence-corrected chi connectivity index (χ2v) is 11.4. The van der Waals surface area contributed by atoms with Crippen LogP contribution >= 0.6 is 0 Å². The van der Waals surface area contributed by atoms with Gasteiger partial charge in [-0.1, -0.05) is 57.5 Å². The van der Waals surface area contributed by atoms with Crippen LogP contribution < -0.4 is 0 Å². The minimum atomic E-state index is -1.02. The SMILES string of the molecule is CCCC(=O)OCC[C@@H](OC(=O)CCC)[C@H](OC(=O)CCC)[C@H](C)OC(=O)CCCN1CCCCC1Cc1ccccc1. The van der Waals surface area contributed by atoms with Crippen LogP contribution in [-0.2, 0) is 44.5 Å². The van der Waals surface area contributed by atoms with Crippen molar-refractivity contribution in [1.82, 2.24) is 4.90 Å². The number of hydrogen-bond acceptors (Lipinski definition) is 9. The van der Waals surface area contributed by atoms with Crippen LogP contribution in [0.3, 0.4) is 0 Å². The van der Waals surface area contributed by atoms with E-state index in [4.69, 9.17) is 18.9 Å². The van der Waals surface area contributed by atoms with Crippen molar-refractivity contribution in [2.75, 3.05) is 19.7 Å². The highest BCUT2D eigenvalue weighted by Crippen LogP contribution is 2.22. The number of rotatable bonds is 20. The lowest BCUT2D eigenvalue weighted by Crippen LogP contribution is -2.45. The normalized spacial score (nSPS) is 17.3. The van der Waals surface area contributed by atoms with E-state index < -0.39 is 36.2 Å². The number of benzene rings is 1. The van der Waals surface area contributed by atoms with Gasteiger partial charge in [-0.2, -0.15) is 0 Å². The third kappa shape index (κ3) is 14.4. The molecule has 1 fully saturated rings. The molecule has 0 spiro atoms. The average molecular weight is 604 g/mol. The first-order chi connectivity index (χ1) is 20.8. The van der Waals surface area contributed by atoms with Crippen molar-refractivity contribution >= 4 is 23.9 Å². The Labute approximate surface area is 258 Å². The Morgan fingerprint density at radius 2 is 1.44 bits per heavy atom. The topological polar surface area (TPSA) is 108 Å². The number of carbonyl (C=O) groups is 4. The number of hydrogen-bond donors (Lipinski definition) is 0. The molecule has 0 aromatic heterocycles. The van der Waals surface area contributed by atoms with Crippen LogP contribution in [0.2, 0.25) is 0 Å². The molecule has 43 heavy (non-hydrogen) atoms. The average Bonchev–Trinajstić information content (AvgIpc) is 2.97. The van der Waals surface area contributed by atoms with E-state index in [1.54, 1.807) is 6.92 Å². The van der Waals surface area contributed by atoms with E-state index in [1.807, 2.05) is 26.8 Å². The molecule has 9 nitrogen and oxygen atoms in total. The Morgan fingerprint density at radius 1 is 0.814 bits per heavy atom. The maximum atomic E-state index is 12.9. The molecule has 2 rings (SSSR count). The summed E-state index contributed by atoms with van der Waals surface area (Å²) in [6, 6.07) is 11.0. The smallest absolute Gasteiger partial charge is 0.306 e. The summed E-state index contributed by atoms with van der Waals surface area (Å²) in [5.41, 5.74) is 1.32. The van der Waals surface area contributed by atoms with Gasteiger partial charge in [-0.3, -0.25) is 19.2 Å². The number of carbonyl (C=O) groups excluding carboxylic acids is 4. The standard InChI is InChI=1S/C34H53NO8/c1-5-14-30(36)40-24-21-29(42-31(37)15-6-2)34(43-32(38)16-7-3)26(4)41-33(39)20-13-23-35-22-12-11-19-28(35)25-27-17-9-8-10-18-27/h8-10,17-18,26,28-29,34H,5-7,11-16,19-25H2,1-4H3/t26-,28?,29+,34+/m0/s1. The highest BCUT2D eigenvalue weighted by atomic mass is 16.6. The molecule has 1 aliphatic heterocycles. The Hall–Kier alpha value is -2.94. The number of likely N-dealkylation sites (tertiary alicyclic amines) is 1. The predicted octanol–water partition coefficient (Wildman–Crippen LogP) is 5.95. The summed E-state index contributed by atoms with van der Waals surface area (Å²) in [6.45, 7) is 9.06. The maximum absolute atomic E-state index is 12.9. The second-order valence-electron chi connectivity index (χ2n) is 11.4. The molecule has 0 bridgehead atoms. The molecule has 1 aromatic carbocycles. The third-order valence-corrected chi connectivity index (χ3v) is 7.61. The van der Waals surface area contributed by atoms with Crippen molar-refractivity contribution < 1.29 is 38.1 Å². The minimum Gasteiger partial charge on any atom is -0.466 e. The fraction of sp³-hybridized carbons (Fsp3) is 0.706. The van der Waals surface area contributed by atoms with Gasteiger partial charge < -0.3 is 23.8 Å². The fourth-order valence-corrected chi connectivity index (χ4v) is 5.41. The van der Waals surface area contributed by atoms with Gasteiger partial charge in [-0.15, -0.1) is 0 Å². The highest BCUT2D eigenvalue weighted by Gasteiger charge is 2.36. The van der Waals surface area contributed by atoms with E-state index >= 15 is 0 Å². The number of esters is 4. The van der Waals surface area contributed by atoms with Gasteiger partial charge in [0.25, 0.3) is 0 Å². The molecule has 1 aliphatic rings. The first kappa shape index (κ1) is 36.3. The van der Waals surface area contributed by atoms with Crippen molar-refractivity contribution in [2.24, 2.45) is 0 Å². The molecule has 0 aliphatic carbocycles. The molecule has 1 unspecified atom stereocenters. The molecule has 1 aromatic rings. The minimum absolute atomic E-state index is 0.00855. The second kappa shape index (κ2) is 20.9. The van der Waals surface area contributed by atoms with E-state index in [1.165, 1.54) is 12.0 Å². The molecule has 4 atom stereocenters. The number of nitrogens with zero attached hydrogens (tertiary/aromatic N) is 1. The van der Waals surface area contributed by atoms with E-state index in [0.717, 1.165) is 32.4 Å². The maximum Gasteiger partial charge on any atom is 0.306 e. The summed E-state index contributed by atoms with van der Waals surface area (Å²) >= 11 is 0. The Bertz CT molecular complexity index is 968. The molecular weight excluding hydrogens is 550 g/mol. The monoisotopic (exact) mass is 603 g/mol. The molecule has 0 radical (unpaired) electrons. The zero-order chi connectivity index (χ0) is 31.5. The fourth-order valence-electron chi connectivity index (χ4n) is 5.41. The van der Waals surface area contributed by atoms with Gasteiger partial charge >= 0.3 is 23.9 Å². The van der Waals surface area contributed by atoms with Crippen LogP contribution in [0, 0.1) is 0 Å². The highest BCUT2D eigenvalue weighted by molar-refractivity contribution is 5.71. The molecule has 0 amide bonds. The van der Waals surface area contributed by atoms with Crippen molar-refractivity contribution in [3.8, 4) is 0 Å². The van der Waals surface area contributed by atoms with E-state index in [-0.39, 0.29) is 44.7 Å². The number of piperidine rings is 1. The van der Waals surface area contributed by atoms with Gasteiger partial charge in [0, 0.05) is 38.1 Å². The van der Waals surface area contributed by atoms with Gasteiger partial charge in [0.2, 0.25) is 0 Å². The lowest BCUT2D eigenvalue weighted by molar-refractivity contribution is -0.186. The molecular formula is C34H53NO8. The van der Waals surface area contributed by atoms with Crippen molar-refractivity contribution in [2.45, 2.75) is 136 Å². The Morgan fingerprint density at radius 3 is 2.12 bits per heavy atom. The van der Waals surface area contributed by atoms with Crippen molar-refractivity contribution in [3.05, 3.63) is 35.9 Å². The molecule has 242 valence electrons. The van der Waals surface area contributed by atoms with Crippen molar-refractivity contribution in [1.29, 1.82) is 0 Å². The zero-order valence-electron chi connectivity index (χ0n) is 26.7. The largest absolute Gasteiger partial charge is 0.466 e. The summed E-state index contributed by atoms with van der Waals surface area (Å²) in [4.78, 5) is 52.3. The predicted molar refractivity (Wildman–Crippen MR) is 164 cm³/mol.